The number of alkyl halides is 15. The first-order valence-corrected chi connectivity index (χ1v) is 8.22. The van der Waals surface area contributed by atoms with Crippen molar-refractivity contribution in [1.82, 2.24) is 4.90 Å². The third-order valence-electron chi connectivity index (χ3n) is 3.94. The Balaban J connectivity index is 6.73. The van der Waals surface area contributed by atoms with Crippen LogP contribution in [-0.4, -0.2) is 63.8 Å². The lowest BCUT2D eigenvalue weighted by Crippen LogP contribution is -2.74. The molecular weight excluding hydrogens is 500 g/mol. The van der Waals surface area contributed by atoms with E-state index in [4.69, 9.17) is 0 Å². The van der Waals surface area contributed by atoms with Gasteiger partial charge in [-0.05, 0) is 39.3 Å². The van der Waals surface area contributed by atoms with E-state index in [-0.39, 0.29) is 4.90 Å². The summed E-state index contributed by atoms with van der Waals surface area (Å²) in [5.74, 6) is -50.0. The van der Waals surface area contributed by atoms with Crippen molar-refractivity contribution in [2.24, 2.45) is 0 Å². The van der Waals surface area contributed by atoms with E-state index in [9.17, 15) is 66.3 Å². The Kier molecular flexibility index (Phi) is 7.66. The number of carbonyl (C=O) groups excluding carboxylic acids is 1. The molecular formula is C14H14ClF14NO. The first-order valence-electron chi connectivity index (χ1n) is 7.84. The molecule has 0 aliphatic heterocycles. The van der Waals surface area contributed by atoms with Gasteiger partial charge in [0.25, 0.3) is 5.91 Å². The largest absolute Gasteiger partial charge is 0.393 e. The number of carbonyl (C=O) groups is 1. The Labute approximate surface area is 170 Å². The fourth-order valence-corrected chi connectivity index (χ4v) is 2.45. The Bertz CT molecular complexity index is 662. The molecule has 0 rings (SSSR count). The molecule has 0 saturated carbocycles. The molecule has 0 aliphatic rings. The molecule has 0 aromatic carbocycles. The molecule has 0 aromatic rings. The third-order valence-corrected chi connectivity index (χ3v) is 4.18. The van der Waals surface area contributed by atoms with Gasteiger partial charge in [0.05, 0.1) is 0 Å². The smallest absolute Gasteiger partial charge is 0.332 e. The van der Waals surface area contributed by atoms with Gasteiger partial charge in [-0.1, -0.05) is 0 Å². The van der Waals surface area contributed by atoms with E-state index in [0.29, 0.717) is 0 Å². The zero-order chi connectivity index (χ0) is 25.8. The van der Waals surface area contributed by atoms with E-state index in [2.05, 4.69) is 11.6 Å². The summed E-state index contributed by atoms with van der Waals surface area (Å²) in [7, 11) is 0. The average Bonchev–Trinajstić information content (AvgIpc) is 2.51. The predicted octanol–water partition coefficient (Wildman–Crippen LogP) is 6.28. The molecule has 0 radical (unpaired) electrons. The number of rotatable bonds is 9. The average molecular weight is 514 g/mol. The van der Waals surface area contributed by atoms with E-state index >= 15 is 0 Å². The first-order chi connectivity index (χ1) is 13.2. The van der Waals surface area contributed by atoms with Crippen molar-refractivity contribution in [2.75, 3.05) is 0 Å². The molecule has 0 N–H and O–H groups in total. The Morgan fingerprint density at radius 2 is 0.839 bits per heavy atom. The van der Waals surface area contributed by atoms with Gasteiger partial charge in [-0.15, -0.1) is 0 Å². The van der Waals surface area contributed by atoms with Gasteiger partial charge in [-0.2, -0.15) is 61.5 Å². The summed E-state index contributed by atoms with van der Waals surface area (Å²) in [6.07, 6.45) is 0. The quantitative estimate of drug-likeness (QED) is 0.263. The molecule has 0 saturated heterocycles. The van der Waals surface area contributed by atoms with Crippen LogP contribution in [-0.2, 0) is 4.79 Å². The van der Waals surface area contributed by atoms with Gasteiger partial charge in [0.15, 0.2) is 0 Å². The molecule has 0 aliphatic carbocycles. The van der Waals surface area contributed by atoms with E-state index in [1.807, 2.05) is 0 Å². The van der Waals surface area contributed by atoms with Crippen molar-refractivity contribution in [3.05, 3.63) is 0 Å². The van der Waals surface area contributed by atoms with Crippen LogP contribution in [0.15, 0.2) is 0 Å². The molecule has 0 bridgehead atoms. The van der Waals surface area contributed by atoms with Crippen molar-refractivity contribution in [1.29, 1.82) is 0 Å². The van der Waals surface area contributed by atoms with Gasteiger partial charge >= 0.3 is 40.9 Å². The fourth-order valence-electron chi connectivity index (χ4n) is 2.33. The highest BCUT2D eigenvalue weighted by Crippen LogP contribution is 2.62. The number of amides is 1. The minimum atomic E-state index is -8.25. The Morgan fingerprint density at radius 3 is 1.10 bits per heavy atom. The molecule has 0 heterocycles. The molecule has 0 fully saturated rings. The summed E-state index contributed by atoms with van der Waals surface area (Å²) >= 11 is 3.49. The van der Waals surface area contributed by atoms with Crippen LogP contribution in [0.25, 0.3) is 0 Å². The molecule has 0 unspecified atom stereocenters. The summed E-state index contributed by atoms with van der Waals surface area (Å²) < 4.78 is 187. The highest BCUT2D eigenvalue weighted by atomic mass is 35.5. The van der Waals surface area contributed by atoms with Crippen LogP contribution in [0, 0.1) is 0 Å². The zero-order valence-electron chi connectivity index (χ0n) is 15.7. The third kappa shape index (κ3) is 4.12. The van der Waals surface area contributed by atoms with E-state index in [1.54, 1.807) is 0 Å². The Hall–Kier alpha value is -1.22. The highest BCUT2D eigenvalue weighted by Gasteiger charge is 2.93. The van der Waals surface area contributed by atoms with Gasteiger partial charge in [0.2, 0.25) is 0 Å². The molecule has 1 amide bonds. The first kappa shape index (κ1) is 29.8. The van der Waals surface area contributed by atoms with Gasteiger partial charge in [-0.3, -0.25) is 4.79 Å². The second-order valence-corrected chi connectivity index (χ2v) is 7.32. The van der Waals surface area contributed by atoms with Gasteiger partial charge in [0, 0.05) is 12.1 Å². The minimum Gasteiger partial charge on any atom is -0.332 e. The normalized spacial score (nSPS) is 15.6. The van der Waals surface area contributed by atoms with E-state index in [1.165, 1.54) is 0 Å². The van der Waals surface area contributed by atoms with Crippen LogP contribution in [0.5, 0.6) is 0 Å². The minimum absolute atomic E-state index is 0.207. The summed E-state index contributed by atoms with van der Waals surface area (Å²) in [4.78, 5) is 11.5. The van der Waals surface area contributed by atoms with Crippen LogP contribution in [0.3, 0.4) is 0 Å². The lowest BCUT2D eigenvalue weighted by atomic mass is 9.90. The van der Waals surface area contributed by atoms with Crippen molar-refractivity contribution in [3.8, 4) is 0 Å². The second kappa shape index (κ2) is 7.97. The van der Waals surface area contributed by atoms with Gasteiger partial charge in [0.1, 0.15) is 0 Å². The van der Waals surface area contributed by atoms with Crippen molar-refractivity contribution in [2.45, 2.75) is 80.7 Å². The maximum absolute atomic E-state index is 13.9. The maximum atomic E-state index is 13.9. The maximum Gasteiger partial charge on any atom is 0.393 e. The molecule has 0 aromatic heterocycles. The summed E-state index contributed by atoms with van der Waals surface area (Å²) in [6, 6.07) is -2.88. The van der Waals surface area contributed by atoms with Gasteiger partial charge in [-0.25, -0.2) is 0 Å². The zero-order valence-corrected chi connectivity index (χ0v) is 16.4. The van der Waals surface area contributed by atoms with Crippen LogP contribution in [0.1, 0.15) is 27.7 Å². The SMILES string of the molecule is CC(C)N(C(=O)C(F)(F)C(F)(F)C(F)(F)C(F)(F)C(F)(F)C(F)(F)C(F)(F)Cl)C(C)C. The number of hydrogen-bond acceptors (Lipinski definition) is 1. The molecule has 2 nitrogen and oxygen atoms in total. The van der Waals surface area contributed by atoms with Crippen LogP contribution < -0.4 is 0 Å². The molecule has 31 heavy (non-hydrogen) atoms. The fraction of sp³-hybridized carbons (Fsp3) is 0.929. The topological polar surface area (TPSA) is 20.3 Å². The number of hydrogen-bond donors (Lipinski definition) is 0. The van der Waals surface area contributed by atoms with Crippen molar-refractivity contribution >= 4 is 17.5 Å². The molecule has 17 heteroatoms. The second-order valence-electron chi connectivity index (χ2n) is 6.84. The summed E-state index contributed by atoms with van der Waals surface area (Å²) in [6.45, 7) is 3.60. The molecule has 186 valence electrons. The lowest BCUT2D eigenvalue weighted by Gasteiger charge is -2.42. The predicted molar refractivity (Wildman–Crippen MR) is 77.6 cm³/mol. The monoisotopic (exact) mass is 513 g/mol. The van der Waals surface area contributed by atoms with Gasteiger partial charge < -0.3 is 4.90 Å². The highest BCUT2D eigenvalue weighted by molar-refractivity contribution is 6.22. The standard InChI is InChI=1S/C14H14ClF14NO/c1-5(2)30(6(3)4)7(31)8(16,17)9(18,19)10(20,21)11(22,23)12(24,25)13(26,27)14(15,28)29/h5-6H,1-4H3. The van der Waals surface area contributed by atoms with Crippen LogP contribution in [0.2, 0.25) is 0 Å². The summed E-state index contributed by atoms with van der Waals surface area (Å²) in [5.41, 5.74) is 0. The lowest BCUT2D eigenvalue weighted by molar-refractivity contribution is -0.432. The van der Waals surface area contributed by atoms with Crippen molar-refractivity contribution < 1.29 is 66.3 Å². The van der Waals surface area contributed by atoms with Crippen molar-refractivity contribution in [3.63, 3.8) is 0 Å². The molecule has 0 spiro atoms. The number of halogens is 15. The van der Waals surface area contributed by atoms with Crippen LogP contribution >= 0.6 is 11.6 Å². The summed E-state index contributed by atoms with van der Waals surface area (Å²) in [5, 5.41) is -6.70. The van der Waals surface area contributed by atoms with E-state index < -0.39 is 58.9 Å². The van der Waals surface area contributed by atoms with E-state index in [0.717, 1.165) is 27.7 Å². The Morgan fingerprint density at radius 1 is 0.581 bits per heavy atom. The van der Waals surface area contributed by atoms with Crippen LogP contribution in [0.4, 0.5) is 61.5 Å². The number of nitrogens with zero attached hydrogens (tertiary/aromatic N) is 1. The molecule has 0 atom stereocenters.